The third-order valence-corrected chi connectivity index (χ3v) is 1.84. The van der Waals surface area contributed by atoms with Gasteiger partial charge in [0, 0.05) is 18.5 Å². The molecule has 15 heavy (non-hydrogen) atoms. The van der Waals surface area contributed by atoms with E-state index in [9.17, 15) is 0 Å². The molecule has 2 N–H and O–H groups in total. The van der Waals surface area contributed by atoms with Crippen molar-refractivity contribution in [3.63, 3.8) is 0 Å². The summed E-state index contributed by atoms with van der Waals surface area (Å²) in [7, 11) is 1.00. The molecule has 0 heterocycles. The molecule has 2 aromatic rings. The minimum atomic E-state index is 1.00. The van der Waals surface area contributed by atoms with Crippen LogP contribution < -0.4 is 5.32 Å². The standard InChI is InChI=1S/C12H11N.CH4O/c1-3-7-11(8-4-1)13-12-9-5-2-6-10-12;1-2/h1-10,13H;2H,1H3. The van der Waals surface area contributed by atoms with Crippen LogP contribution in [0.4, 0.5) is 11.4 Å². The summed E-state index contributed by atoms with van der Waals surface area (Å²) in [5.41, 5.74) is 2.24. The lowest BCUT2D eigenvalue weighted by atomic mass is 10.3. The van der Waals surface area contributed by atoms with Crippen molar-refractivity contribution in [2.24, 2.45) is 0 Å². The van der Waals surface area contributed by atoms with E-state index in [0.29, 0.717) is 0 Å². The number of nitrogens with one attached hydrogen (secondary N) is 1. The van der Waals surface area contributed by atoms with Crippen LogP contribution in [0, 0.1) is 0 Å². The number of aliphatic hydroxyl groups excluding tert-OH is 1. The summed E-state index contributed by atoms with van der Waals surface area (Å²) >= 11 is 0. The Morgan fingerprint density at radius 3 is 1.33 bits per heavy atom. The first-order valence-corrected chi connectivity index (χ1v) is 4.77. The Morgan fingerprint density at radius 2 is 1.00 bits per heavy atom. The van der Waals surface area contributed by atoms with Crippen molar-refractivity contribution in [2.75, 3.05) is 12.4 Å². The van der Waals surface area contributed by atoms with Crippen molar-refractivity contribution in [1.82, 2.24) is 0 Å². The summed E-state index contributed by atoms with van der Waals surface area (Å²) in [4.78, 5) is 0. The molecule has 0 bridgehead atoms. The molecule has 0 unspecified atom stereocenters. The largest absolute Gasteiger partial charge is 0.400 e. The fourth-order valence-electron chi connectivity index (χ4n) is 1.21. The number of para-hydroxylation sites is 2. The minimum absolute atomic E-state index is 1.00. The lowest BCUT2D eigenvalue weighted by molar-refractivity contribution is 0.399. The zero-order chi connectivity index (χ0) is 10.9. The predicted octanol–water partition coefficient (Wildman–Crippen LogP) is 3.04. The molecule has 0 radical (unpaired) electrons. The molecule has 0 atom stereocenters. The van der Waals surface area contributed by atoms with Gasteiger partial charge < -0.3 is 10.4 Å². The maximum Gasteiger partial charge on any atom is 0.0384 e. The lowest BCUT2D eigenvalue weighted by Gasteiger charge is -2.04. The molecule has 0 saturated heterocycles. The fourth-order valence-corrected chi connectivity index (χ4v) is 1.21. The van der Waals surface area contributed by atoms with Gasteiger partial charge in [-0.2, -0.15) is 0 Å². The number of rotatable bonds is 2. The van der Waals surface area contributed by atoms with Gasteiger partial charge in [0.05, 0.1) is 0 Å². The minimum Gasteiger partial charge on any atom is -0.400 e. The van der Waals surface area contributed by atoms with E-state index in [1.807, 2.05) is 60.7 Å². The molecule has 2 nitrogen and oxygen atoms in total. The van der Waals surface area contributed by atoms with Gasteiger partial charge in [-0.3, -0.25) is 0 Å². The quantitative estimate of drug-likeness (QED) is 0.782. The summed E-state index contributed by atoms with van der Waals surface area (Å²) in [6.07, 6.45) is 0. The predicted molar refractivity (Wildman–Crippen MR) is 64.3 cm³/mol. The molecule has 2 aromatic carbocycles. The summed E-state index contributed by atoms with van der Waals surface area (Å²) in [5.74, 6) is 0. The van der Waals surface area contributed by atoms with Crippen LogP contribution in [0.1, 0.15) is 0 Å². The second-order valence-corrected chi connectivity index (χ2v) is 2.86. The maximum absolute atomic E-state index is 7.00. The molecular formula is C13H15NO. The van der Waals surface area contributed by atoms with Gasteiger partial charge >= 0.3 is 0 Å². The summed E-state index contributed by atoms with van der Waals surface area (Å²) in [6, 6.07) is 20.3. The maximum atomic E-state index is 7.00. The first kappa shape index (κ1) is 11.3. The molecule has 0 aliphatic rings. The van der Waals surface area contributed by atoms with Crippen molar-refractivity contribution in [2.45, 2.75) is 0 Å². The Morgan fingerprint density at radius 1 is 0.667 bits per heavy atom. The van der Waals surface area contributed by atoms with E-state index < -0.39 is 0 Å². The number of hydrogen-bond acceptors (Lipinski definition) is 2. The van der Waals surface area contributed by atoms with Crippen LogP contribution in [0.5, 0.6) is 0 Å². The number of aliphatic hydroxyl groups is 1. The lowest BCUT2D eigenvalue weighted by Crippen LogP contribution is -1.87. The van der Waals surface area contributed by atoms with Crippen molar-refractivity contribution in [3.8, 4) is 0 Å². The molecule has 0 saturated carbocycles. The van der Waals surface area contributed by atoms with E-state index in [4.69, 9.17) is 5.11 Å². The van der Waals surface area contributed by atoms with E-state index in [1.54, 1.807) is 0 Å². The molecule has 0 fully saturated rings. The van der Waals surface area contributed by atoms with E-state index in [-0.39, 0.29) is 0 Å². The Labute approximate surface area is 90.2 Å². The number of hydrogen-bond donors (Lipinski definition) is 2. The number of benzene rings is 2. The van der Waals surface area contributed by atoms with Gasteiger partial charge in [0.2, 0.25) is 0 Å². The first-order chi connectivity index (χ1) is 7.45. The van der Waals surface area contributed by atoms with Gasteiger partial charge in [-0.1, -0.05) is 36.4 Å². The normalized spacial score (nSPS) is 8.67. The summed E-state index contributed by atoms with van der Waals surface area (Å²) < 4.78 is 0. The van der Waals surface area contributed by atoms with Crippen molar-refractivity contribution in [3.05, 3.63) is 60.7 Å². The van der Waals surface area contributed by atoms with Crippen molar-refractivity contribution in [1.29, 1.82) is 0 Å². The molecule has 0 aliphatic carbocycles. The van der Waals surface area contributed by atoms with Gasteiger partial charge in [-0.25, -0.2) is 0 Å². The van der Waals surface area contributed by atoms with E-state index in [1.165, 1.54) is 0 Å². The van der Waals surface area contributed by atoms with E-state index in [0.717, 1.165) is 18.5 Å². The van der Waals surface area contributed by atoms with Crippen LogP contribution in [-0.2, 0) is 0 Å². The average Bonchev–Trinajstić information content (AvgIpc) is 2.34. The molecule has 0 spiro atoms. The third kappa shape index (κ3) is 3.83. The molecule has 78 valence electrons. The Kier molecular flexibility index (Phi) is 4.98. The van der Waals surface area contributed by atoms with E-state index >= 15 is 0 Å². The van der Waals surface area contributed by atoms with Crippen molar-refractivity contribution >= 4 is 11.4 Å². The zero-order valence-corrected chi connectivity index (χ0v) is 8.72. The van der Waals surface area contributed by atoms with Gasteiger partial charge in [0.15, 0.2) is 0 Å². The van der Waals surface area contributed by atoms with Crippen LogP contribution in [-0.4, -0.2) is 12.2 Å². The smallest absolute Gasteiger partial charge is 0.0384 e. The molecule has 0 amide bonds. The SMILES string of the molecule is CO.c1ccc(Nc2ccccc2)cc1. The van der Waals surface area contributed by atoms with E-state index in [2.05, 4.69) is 5.32 Å². The fraction of sp³-hybridized carbons (Fsp3) is 0.0769. The van der Waals surface area contributed by atoms with Crippen LogP contribution in [0.3, 0.4) is 0 Å². The Balaban J connectivity index is 0.000000531. The van der Waals surface area contributed by atoms with Gasteiger partial charge in [0.25, 0.3) is 0 Å². The Bertz CT molecular complexity index is 321. The van der Waals surface area contributed by atoms with Gasteiger partial charge in [-0.15, -0.1) is 0 Å². The van der Waals surface area contributed by atoms with Crippen LogP contribution in [0.25, 0.3) is 0 Å². The van der Waals surface area contributed by atoms with Crippen LogP contribution >= 0.6 is 0 Å². The monoisotopic (exact) mass is 201 g/mol. The molecule has 2 heteroatoms. The zero-order valence-electron chi connectivity index (χ0n) is 8.72. The van der Waals surface area contributed by atoms with Crippen molar-refractivity contribution < 1.29 is 5.11 Å². The topological polar surface area (TPSA) is 32.3 Å². The average molecular weight is 201 g/mol. The van der Waals surface area contributed by atoms with Gasteiger partial charge in [-0.05, 0) is 24.3 Å². The van der Waals surface area contributed by atoms with Crippen LogP contribution in [0.2, 0.25) is 0 Å². The summed E-state index contributed by atoms with van der Waals surface area (Å²) in [6.45, 7) is 0. The molecule has 0 aliphatic heterocycles. The molecule has 0 aromatic heterocycles. The highest BCUT2D eigenvalue weighted by Gasteiger charge is 1.89. The Hall–Kier alpha value is -1.80. The highest BCUT2D eigenvalue weighted by Crippen LogP contribution is 2.14. The first-order valence-electron chi connectivity index (χ1n) is 4.77. The molecule has 2 rings (SSSR count). The van der Waals surface area contributed by atoms with Gasteiger partial charge in [0.1, 0.15) is 0 Å². The number of anilines is 2. The third-order valence-electron chi connectivity index (χ3n) is 1.84. The highest BCUT2D eigenvalue weighted by atomic mass is 16.2. The summed E-state index contributed by atoms with van der Waals surface area (Å²) in [5, 5.41) is 10.3. The highest BCUT2D eigenvalue weighted by molar-refractivity contribution is 5.58. The second-order valence-electron chi connectivity index (χ2n) is 2.86. The molecular weight excluding hydrogens is 186 g/mol. The van der Waals surface area contributed by atoms with Crippen LogP contribution in [0.15, 0.2) is 60.7 Å². The second kappa shape index (κ2) is 6.62.